The average molecular weight is 451 g/mol. The van der Waals surface area contributed by atoms with Gasteiger partial charge in [-0.2, -0.15) is 0 Å². The maximum absolute atomic E-state index is 11.6. The van der Waals surface area contributed by atoms with E-state index in [1.54, 1.807) is 0 Å². The number of aliphatic hydroxyl groups is 4. The third-order valence-electron chi connectivity index (χ3n) is 11.9. The van der Waals surface area contributed by atoms with Gasteiger partial charge in [-0.25, -0.2) is 0 Å². The van der Waals surface area contributed by atoms with Crippen LogP contribution < -0.4 is 0 Å². The van der Waals surface area contributed by atoms with Crippen LogP contribution in [-0.2, 0) is 0 Å². The molecule has 4 N–H and O–H groups in total. The molecule has 0 radical (unpaired) electrons. The smallest absolute Gasteiger partial charge is 0.0985 e. The lowest BCUT2D eigenvalue weighted by molar-refractivity contribution is -0.264. The van der Waals surface area contributed by atoms with Gasteiger partial charge in [0.1, 0.15) is 0 Å². The number of aliphatic hydroxyl groups excluding tert-OH is 2. The fraction of sp³-hybridized carbons (Fsp3) is 1.00. The van der Waals surface area contributed by atoms with E-state index in [1.807, 2.05) is 13.8 Å². The largest absolute Gasteiger partial charge is 0.393 e. The molecule has 10 unspecified atom stereocenters. The van der Waals surface area contributed by atoms with Crippen LogP contribution >= 0.6 is 0 Å². The van der Waals surface area contributed by atoms with Crippen LogP contribution in [0.15, 0.2) is 0 Å². The molecule has 0 spiro atoms. The van der Waals surface area contributed by atoms with Crippen LogP contribution in [0.1, 0.15) is 106 Å². The Morgan fingerprint density at radius 1 is 0.938 bits per heavy atom. The molecule has 4 saturated carbocycles. The normalized spacial score (nSPS) is 50.8. The van der Waals surface area contributed by atoms with Crippen molar-refractivity contribution < 1.29 is 20.4 Å². The van der Waals surface area contributed by atoms with Crippen LogP contribution in [0.2, 0.25) is 0 Å². The average Bonchev–Trinajstić information content (AvgIpc) is 3.05. The number of hydrogen-bond acceptors (Lipinski definition) is 4. The van der Waals surface area contributed by atoms with Gasteiger partial charge in [0, 0.05) is 11.8 Å². The fourth-order valence-corrected chi connectivity index (χ4v) is 9.30. The van der Waals surface area contributed by atoms with E-state index in [0.29, 0.717) is 53.8 Å². The molecule has 186 valence electrons. The first-order chi connectivity index (χ1) is 14.7. The second kappa shape index (κ2) is 8.21. The number of rotatable bonds is 5. The van der Waals surface area contributed by atoms with E-state index >= 15 is 0 Å². The molecule has 4 nitrogen and oxygen atoms in total. The molecule has 0 aliphatic heterocycles. The predicted octanol–water partition coefficient (Wildman–Crippen LogP) is 4.92. The van der Waals surface area contributed by atoms with Gasteiger partial charge in [0.2, 0.25) is 0 Å². The van der Waals surface area contributed by atoms with Crippen LogP contribution in [0.25, 0.3) is 0 Å². The van der Waals surface area contributed by atoms with Gasteiger partial charge in [-0.05, 0) is 106 Å². The Labute approximate surface area is 196 Å². The Morgan fingerprint density at radius 2 is 1.62 bits per heavy atom. The second-order valence-corrected chi connectivity index (χ2v) is 13.7. The molecule has 4 heteroatoms. The Balaban J connectivity index is 1.51. The van der Waals surface area contributed by atoms with E-state index in [1.165, 1.54) is 25.7 Å². The van der Waals surface area contributed by atoms with E-state index in [4.69, 9.17) is 0 Å². The van der Waals surface area contributed by atoms with E-state index in [9.17, 15) is 20.4 Å². The quantitative estimate of drug-likeness (QED) is 0.479. The van der Waals surface area contributed by atoms with Gasteiger partial charge in [-0.1, -0.05) is 34.1 Å². The van der Waals surface area contributed by atoms with Crippen molar-refractivity contribution in [3.8, 4) is 0 Å². The van der Waals surface area contributed by atoms with Crippen LogP contribution in [-0.4, -0.2) is 43.8 Å². The molecule has 11 atom stereocenters. The van der Waals surface area contributed by atoms with Gasteiger partial charge < -0.3 is 20.4 Å². The van der Waals surface area contributed by atoms with Crippen LogP contribution in [0.3, 0.4) is 0 Å². The van der Waals surface area contributed by atoms with Crippen LogP contribution in [0.5, 0.6) is 0 Å². The second-order valence-electron chi connectivity index (χ2n) is 13.7. The molecule has 0 aromatic heterocycles. The lowest BCUT2D eigenvalue weighted by Crippen LogP contribution is -2.68. The van der Waals surface area contributed by atoms with E-state index in [2.05, 4.69) is 27.7 Å². The van der Waals surface area contributed by atoms with Crippen molar-refractivity contribution in [3.63, 3.8) is 0 Å². The SMILES string of the molecule is CC(CCC(C)C(C)(C)O)C1CCC2C3CC(O)[C@@]4(O)CC(O)CCC4(C)C3CCC12C. The highest BCUT2D eigenvalue weighted by Crippen LogP contribution is 2.69. The minimum atomic E-state index is -1.14. The zero-order chi connectivity index (χ0) is 23.7. The summed E-state index contributed by atoms with van der Waals surface area (Å²) >= 11 is 0. The van der Waals surface area contributed by atoms with Crippen molar-refractivity contribution in [2.75, 3.05) is 0 Å². The maximum Gasteiger partial charge on any atom is 0.0985 e. The highest BCUT2D eigenvalue weighted by Gasteiger charge is 2.67. The van der Waals surface area contributed by atoms with Gasteiger partial charge in [-0.15, -0.1) is 0 Å². The predicted molar refractivity (Wildman–Crippen MR) is 128 cm³/mol. The van der Waals surface area contributed by atoms with Gasteiger partial charge in [0.25, 0.3) is 0 Å². The monoisotopic (exact) mass is 450 g/mol. The summed E-state index contributed by atoms with van der Waals surface area (Å²) in [5.74, 6) is 3.22. The van der Waals surface area contributed by atoms with Crippen molar-refractivity contribution in [1.82, 2.24) is 0 Å². The molecular formula is C28H50O4. The summed E-state index contributed by atoms with van der Waals surface area (Å²) in [4.78, 5) is 0. The van der Waals surface area contributed by atoms with E-state index in [-0.39, 0.29) is 5.41 Å². The minimum absolute atomic E-state index is 0.290. The Bertz CT molecular complexity index is 687. The van der Waals surface area contributed by atoms with Crippen LogP contribution in [0.4, 0.5) is 0 Å². The molecule has 0 aromatic carbocycles. The molecule has 4 rings (SSSR count). The third kappa shape index (κ3) is 3.71. The highest BCUT2D eigenvalue weighted by molar-refractivity contribution is 5.17. The Hall–Kier alpha value is -0.160. The van der Waals surface area contributed by atoms with Gasteiger partial charge in [0.05, 0.1) is 23.4 Å². The first-order valence-corrected chi connectivity index (χ1v) is 13.5. The molecule has 4 fully saturated rings. The molecule has 4 aliphatic carbocycles. The summed E-state index contributed by atoms with van der Waals surface area (Å²) in [5, 5.41) is 43.5. The zero-order valence-corrected chi connectivity index (χ0v) is 21.5. The summed E-state index contributed by atoms with van der Waals surface area (Å²) in [6.07, 6.45) is 8.50. The summed E-state index contributed by atoms with van der Waals surface area (Å²) in [5.41, 5.74) is -1.73. The Morgan fingerprint density at radius 3 is 2.28 bits per heavy atom. The minimum Gasteiger partial charge on any atom is -0.393 e. The van der Waals surface area contributed by atoms with Gasteiger partial charge in [-0.3, -0.25) is 0 Å². The Kier molecular flexibility index (Phi) is 6.40. The summed E-state index contributed by atoms with van der Waals surface area (Å²) < 4.78 is 0. The zero-order valence-electron chi connectivity index (χ0n) is 21.5. The third-order valence-corrected chi connectivity index (χ3v) is 11.9. The fourth-order valence-electron chi connectivity index (χ4n) is 9.30. The topological polar surface area (TPSA) is 80.9 Å². The molecule has 0 amide bonds. The molecule has 0 saturated heterocycles. The first-order valence-electron chi connectivity index (χ1n) is 13.5. The lowest BCUT2D eigenvalue weighted by Gasteiger charge is -2.65. The van der Waals surface area contributed by atoms with Gasteiger partial charge >= 0.3 is 0 Å². The standard InChI is InChI=1S/C28H50O4/c1-17(7-8-18(2)25(3,4)31)21-9-10-22-20-15-24(30)28(32)16-19(29)11-14-27(28,6)23(20)12-13-26(21,22)5/h17-24,29-32H,7-16H2,1-6H3/t17?,18?,19?,20?,21?,22?,23?,24?,26?,27?,28-/m0/s1. The summed E-state index contributed by atoms with van der Waals surface area (Å²) in [7, 11) is 0. The molecule has 0 heterocycles. The van der Waals surface area contributed by atoms with E-state index < -0.39 is 23.4 Å². The molecular weight excluding hydrogens is 400 g/mol. The first kappa shape index (κ1) is 24.9. The van der Waals surface area contributed by atoms with Crippen molar-refractivity contribution in [3.05, 3.63) is 0 Å². The summed E-state index contributed by atoms with van der Waals surface area (Å²) in [6, 6.07) is 0. The highest BCUT2D eigenvalue weighted by atomic mass is 16.3. The van der Waals surface area contributed by atoms with Crippen molar-refractivity contribution in [1.29, 1.82) is 0 Å². The van der Waals surface area contributed by atoms with Crippen LogP contribution in [0, 0.1) is 46.3 Å². The molecule has 0 bridgehead atoms. The number of fused-ring (bicyclic) bond motifs is 5. The van der Waals surface area contributed by atoms with Gasteiger partial charge in [0.15, 0.2) is 0 Å². The number of hydrogen-bond donors (Lipinski definition) is 4. The van der Waals surface area contributed by atoms with Crippen molar-refractivity contribution in [2.45, 2.75) is 129 Å². The molecule has 0 aromatic rings. The maximum atomic E-state index is 11.6. The lowest BCUT2D eigenvalue weighted by atomic mass is 9.42. The van der Waals surface area contributed by atoms with Crippen molar-refractivity contribution >= 4 is 0 Å². The molecule has 32 heavy (non-hydrogen) atoms. The van der Waals surface area contributed by atoms with Crippen molar-refractivity contribution in [2.24, 2.45) is 46.3 Å². The summed E-state index contributed by atoms with van der Waals surface area (Å²) in [6.45, 7) is 13.2. The van der Waals surface area contributed by atoms with E-state index in [0.717, 1.165) is 25.7 Å². The molecule has 4 aliphatic rings.